The topological polar surface area (TPSA) is 64.7 Å². The molecule has 4 heteroatoms. The Balaban J connectivity index is 2.13. The first-order valence-corrected chi connectivity index (χ1v) is 4.74. The van der Waals surface area contributed by atoms with Crippen molar-refractivity contribution in [3.8, 4) is 0 Å². The molecular formula is C9H14N2O2. The Morgan fingerprint density at radius 2 is 2.54 bits per heavy atom. The molecule has 0 radical (unpaired) electrons. The largest absolute Gasteiger partial charge is 0.448 e. The predicted molar refractivity (Wildman–Crippen MR) is 48.1 cm³/mol. The van der Waals surface area contributed by atoms with E-state index >= 15 is 0 Å². The molecule has 1 aliphatic heterocycles. The minimum atomic E-state index is -0.676. The fraction of sp³-hybridized carbons (Fsp3) is 0.778. The SMILES string of the molecule is CCC1CCC2(C1)OC(N)=NC2=O. The summed E-state index contributed by atoms with van der Waals surface area (Å²) in [5.41, 5.74) is 4.70. The minimum Gasteiger partial charge on any atom is -0.448 e. The molecule has 2 rings (SSSR count). The molecule has 1 amide bonds. The summed E-state index contributed by atoms with van der Waals surface area (Å²) in [5.74, 6) is 0.408. The normalized spacial score (nSPS) is 38.1. The van der Waals surface area contributed by atoms with Crippen LogP contribution < -0.4 is 5.73 Å². The Bertz CT molecular complexity index is 275. The predicted octanol–water partition coefficient (Wildman–Crippen LogP) is 0.807. The molecule has 1 saturated carbocycles. The third kappa shape index (κ3) is 1.20. The van der Waals surface area contributed by atoms with Crippen molar-refractivity contribution in [2.45, 2.75) is 38.2 Å². The summed E-state index contributed by atoms with van der Waals surface area (Å²) in [6.07, 6.45) is 3.70. The summed E-state index contributed by atoms with van der Waals surface area (Å²) >= 11 is 0. The lowest BCUT2D eigenvalue weighted by Crippen LogP contribution is -2.35. The maximum atomic E-state index is 11.5. The van der Waals surface area contributed by atoms with Crippen LogP contribution in [0.1, 0.15) is 32.6 Å². The van der Waals surface area contributed by atoms with Crippen molar-refractivity contribution in [1.29, 1.82) is 0 Å². The monoisotopic (exact) mass is 182 g/mol. The molecule has 2 atom stereocenters. The second-order valence-corrected chi connectivity index (χ2v) is 3.87. The van der Waals surface area contributed by atoms with Gasteiger partial charge in [-0.05, 0) is 25.2 Å². The summed E-state index contributed by atoms with van der Waals surface area (Å²) in [7, 11) is 0. The quantitative estimate of drug-likeness (QED) is 0.652. The molecule has 0 aromatic carbocycles. The number of ether oxygens (including phenoxy) is 1. The van der Waals surface area contributed by atoms with Crippen LogP contribution in [-0.2, 0) is 9.53 Å². The van der Waals surface area contributed by atoms with Crippen molar-refractivity contribution in [1.82, 2.24) is 0 Å². The summed E-state index contributed by atoms with van der Waals surface area (Å²) in [6, 6.07) is 0.0433. The minimum absolute atomic E-state index is 0.0433. The fourth-order valence-electron chi connectivity index (χ4n) is 2.21. The Labute approximate surface area is 77.2 Å². The van der Waals surface area contributed by atoms with Crippen molar-refractivity contribution in [3.05, 3.63) is 0 Å². The molecule has 0 aromatic rings. The molecule has 0 aromatic heterocycles. The number of hydrogen-bond donors (Lipinski definition) is 1. The van der Waals surface area contributed by atoms with E-state index in [-0.39, 0.29) is 11.9 Å². The zero-order valence-electron chi connectivity index (χ0n) is 7.75. The highest BCUT2D eigenvalue weighted by Gasteiger charge is 2.50. The Hall–Kier alpha value is -1.06. The third-order valence-corrected chi connectivity index (χ3v) is 3.05. The summed E-state index contributed by atoms with van der Waals surface area (Å²) in [5, 5.41) is 0. The lowest BCUT2D eigenvalue weighted by molar-refractivity contribution is -0.130. The maximum Gasteiger partial charge on any atom is 0.294 e. The first-order chi connectivity index (χ1) is 6.16. The van der Waals surface area contributed by atoms with Gasteiger partial charge in [-0.1, -0.05) is 13.3 Å². The van der Waals surface area contributed by atoms with E-state index in [4.69, 9.17) is 10.5 Å². The number of nitrogens with zero attached hydrogens (tertiary/aromatic N) is 1. The second-order valence-electron chi connectivity index (χ2n) is 3.87. The standard InChI is InChI=1S/C9H14N2O2/c1-2-6-3-4-9(5-6)7(12)11-8(10)13-9/h6H,2-5H2,1H3,(H2,10,11,12). The molecule has 13 heavy (non-hydrogen) atoms. The Kier molecular flexibility index (Phi) is 1.78. The molecule has 0 bridgehead atoms. The van der Waals surface area contributed by atoms with Crippen LogP contribution in [0.5, 0.6) is 0 Å². The van der Waals surface area contributed by atoms with E-state index in [1.165, 1.54) is 0 Å². The van der Waals surface area contributed by atoms with E-state index < -0.39 is 5.60 Å². The summed E-state index contributed by atoms with van der Waals surface area (Å²) in [6.45, 7) is 2.13. The molecule has 2 unspecified atom stereocenters. The number of hydrogen-bond acceptors (Lipinski definition) is 3. The molecule has 1 aliphatic carbocycles. The van der Waals surface area contributed by atoms with Gasteiger partial charge in [0.25, 0.3) is 11.9 Å². The number of amidine groups is 1. The number of aliphatic imine (C=N–C) groups is 1. The maximum absolute atomic E-state index is 11.5. The van der Waals surface area contributed by atoms with Gasteiger partial charge in [-0.2, -0.15) is 4.99 Å². The number of nitrogens with two attached hydrogens (primary N) is 1. The van der Waals surface area contributed by atoms with Gasteiger partial charge in [0.1, 0.15) is 0 Å². The molecular weight excluding hydrogens is 168 g/mol. The van der Waals surface area contributed by atoms with Crippen molar-refractivity contribution in [3.63, 3.8) is 0 Å². The highest BCUT2D eigenvalue weighted by Crippen LogP contribution is 2.41. The van der Waals surface area contributed by atoms with Crippen molar-refractivity contribution in [2.75, 3.05) is 0 Å². The summed E-state index contributed by atoms with van der Waals surface area (Å²) in [4.78, 5) is 15.1. The van der Waals surface area contributed by atoms with E-state index in [1.807, 2.05) is 0 Å². The van der Waals surface area contributed by atoms with E-state index in [2.05, 4.69) is 11.9 Å². The van der Waals surface area contributed by atoms with Gasteiger partial charge in [-0.25, -0.2) is 0 Å². The number of amides is 1. The van der Waals surface area contributed by atoms with E-state index in [9.17, 15) is 4.79 Å². The van der Waals surface area contributed by atoms with Crippen molar-refractivity contribution >= 4 is 11.9 Å². The zero-order chi connectivity index (χ0) is 9.47. The lowest BCUT2D eigenvalue weighted by atomic mass is 9.98. The van der Waals surface area contributed by atoms with Gasteiger partial charge in [0, 0.05) is 0 Å². The van der Waals surface area contributed by atoms with Crippen LogP contribution in [0.3, 0.4) is 0 Å². The van der Waals surface area contributed by atoms with Crippen LogP contribution >= 0.6 is 0 Å². The van der Waals surface area contributed by atoms with E-state index in [0.29, 0.717) is 5.92 Å². The first kappa shape index (κ1) is 8.53. The Morgan fingerprint density at radius 3 is 3.00 bits per heavy atom. The highest BCUT2D eigenvalue weighted by atomic mass is 16.5. The second kappa shape index (κ2) is 2.72. The van der Waals surface area contributed by atoms with Gasteiger partial charge in [-0.15, -0.1) is 0 Å². The fourth-order valence-corrected chi connectivity index (χ4v) is 2.21. The average molecular weight is 182 g/mol. The van der Waals surface area contributed by atoms with E-state index in [1.54, 1.807) is 0 Å². The van der Waals surface area contributed by atoms with Gasteiger partial charge in [0.15, 0.2) is 5.60 Å². The molecule has 1 fully saturated rings. The molecule has 1 spiro atoms. The van der Waals surface area contributed by atoms with Crippen LogP contribution in [0.15, 0.2) is 4.99 Å². The van der Waals surface area contributed by atoms with Gasteiger partial charge in [0.2, 0.25) is 0 Å². The average Bonchev–Trinajstić information content (AvgIpc) is 2.59. The van der Waals surface area contributed by atoms with Gasteiger partial charge in [-0.3, -0.25) is 4.79 Å². The van der Waals surface area contributed by atoms with Crippen LogP contribution in [0.25, 0.3) is 0 Å². The van der Waals surface area contributed by atoms with Gasteiger partial charge < -0.3 is 10.5 Å². The molecule has 2 aliphatic rings. The lowest BCUT2D eigenvalue weighted by Gasteiger charge is -2.19. The molecule has 1 heterocycles. The molecule has 4 nitrogen and oxygen atoms in total. The van der Waals surface area contributed by atoms with E-state index in [0.717, 1.165) is 25.7 Å². The van der Waals surface area contributed by atoms with Crippen LogP contribution in [0.4, 0.5) is 0 Å². The Morgan fingerprint density at radius 1 is 1.77 bits per heavy atom. The smallest absolute Gasteiger partial charge is 0.294 e. The first-order valence-electron chi connectivity index (χ1n) is 4.74. The molecule has 0 saturated heterocycles. The van der Waals surface area contributed by atoms with Crippen molar-refractivity contribution < 1.29 is 9.53 Å². The molecule has 72 valence electrons. The van der Waals surface area contributed by atoms with Crippen LogP contribution in [0.2, 0.25) is 0 Å². The highest BCUT2D eigenvalue weighted by molar-refractivity contribution is 6.00. The van der Waals surface area contributed by atoms with Crippen molar-refractivity contribution in [2.24, 2.45) is 16.6 Å². The number of carbonyl (C=O) groups excluding carboxylic acids is 1. The summed E-state index contributed by atoms with van der Waals surface area (Å²) < 4.78 is 5.33. The number of rotatable bonds is 1. The molecule has 2 N–H and O–H groups in total. The van der Waals surface area contributed by atoms with Crippen LogP contribution in [-0.4, -0.2) is 17.5 Å². The van der Waals surface area contributed by atoms with Gasteiger partial charge >= 0.3 is 0 Å². The number of carbonyl (C=O) groups is 1. The third-order valence-electron chi connectivity index (χ3n) is 3.05. The van der Waals surface area contributed by atoms with Crippen LogP contribution in [0, 0.1) is 5.92 Å². The van der Waals surface area contributed by atoms with Gasteiger partial charge in [0.05, 0.1) is 0 Å². The zero-order valence-corrected chi connectivity index (χ0v) is 7.75.